The van der Waals surface area contributed by atoms with E-state index in [0.717, 1.165) is 16.7 Å². The lowest BCUT2D eigenvalue weighted by Crippen LogP contribution is -2.55. The number of phenols is 1. The largest absolute Gasteiger partial charge is 0.508 e. The smallest absolute Gasteiger partial charge is 0.233 e. The number of aromatic hydroxyl groups is 1. The molecular formula is C25H23FN2O3. The topological polar surface area (TPSA) is 73.1 Å². The summed E-state index contributed by atoms with van der Waals surface area (Å²) in [6.07, 6.45) is 0.928. The number of hydrogen-bond acceptors (Lipinski definition) is 4. The molecule has 158 valence electrons. The number of carbonyl (C=O) groups excluding carboxylic acids is 1. The third-order valence-electron chi connectivity index (χ3n) is 5.75. The maximum atomic E-state index is 13.4. The summed E-state index contributed by atoms with van der Waals surface area (Å²) in [6.45, 7) is 1.98. The van der Waals surface area contributed by atoms with Crippen LogP contribution in [0.15, 0.2) is 78.0 Å². The lowest BCUT2D eigenvalue weighted by Gasteiger charge is -2.47. The van der Waals surface area contributed by atoms with Crippen LogP contribution in [0.1, 0.15) is 35.6 Å². The van der Waals surface area contributed by atoms with E-state index >= 15 is 0 Å². The van der Waals surface area contributed by atoms with E-state index in [-0.39, 0.29) is 29.4 Å². The zero-order chi connectivity index (χ0) is 22.0. The van der Waals surface area contributed by atoms with Crippen molar-refractivity contribution in [1.82, 2.24) is 0 Å². The Bertz CT molecular complexity index is 1090. The standard InChI is InChI=1S/C25H23FN2O3/c1-16-2-4-17(5-3-16)23(27-31)15-14-22-24(18-6-12-21(29)13-7-18)28(25(22)30)20-10-8-19(26)9-11-20/h2-13,22,24,29,31H,14-15H2,1H3/b27-23-/t22-,24?/m1/s1. The summed E-state index contributed by atoms with van der Waals surface area (Å²) >= 11 is 0. The third kappa shape index (κ3) is 4.14. The summed E-state index contributed by atoms with van der Waals surface area (Å²) in [5, 5.41) is 22.6. The Labute approximate surface area is 180 Å². The van der Waals surface area contributed by atoms with E-state index in [4.69, 9.17) is 0 Å². The maximum Gasteiger partial charge on any atom is 0.233 e. The molecule has 0 spiro atoms. The molecule has 31 heavy (non-hydrogen) atoms. The highest BCUT2D eigenvalue weighted by Crippen LogP contribution is 2.46. The number of halogens is 1. The van der Waals surface area contributed by atoms with Crippen molar-refractivity contribution in [3.63, 3.8) is 0 Å². The molecule has 2 N–H and O–H groups in total. The minimum absolute atomic E-state index is 0.0640. The molecule has 1 fully saturated rings. The first-order chi connectivity index (χ1) is 15.0. The van der Waals surface area contributed by atoms with Crippen LogP contribution in [-0.4, -0.2) is 21.9 Å². The fourth-order valence-corrected chi connectivity index (χ4v) is 4.06. The van der Waals surface area contributed by atoms with Crippen molar-refractivity contribution in [3.05, 3.63) is 95.3 Å². The predicted molar refractivity (Wildman–Crippen MR) is 117 cm³/mol. The molecule has 0 aromatic heterocycles. The van der Waals surface area contributed by atoms with Gasteiger partial charge in [0.05, 0.1) is 17.7 Å². The molecule has 1 aliphatic rings. The van der Waals surface area contributed by atoms with E-state index in [2.05, 4.69) is 5.16 Å². The van der Waals surface area contributed by atoms with Crippen molar-refractivity contribution in [1.29, 1.82) is 0 Å². The van der Waals surface area contributed by atoms with E-state index in [1.165, 1.54) is 12.1 Å². The second-order valence-corrected chi connectivity index (χ2v) is 7.78. The van der Waals surface area contributed by atoms with Crippen LogP contribution in [0.2, 0.25) is 0 Å². The maximum absolute atomic E-state index is 13.4. The predicted octanol–water partition coefficient (Wildman–Crippen LogP) is 5.20. The van der Waals surface area contributed by atoms with Gasteiger partial charge in [-0.1, -0.05) is 47.1 Å². The molecule has 0 bridgehead atoms. The molecule has 0 aliphatic carbocycles. The van der Waals surface area contributed by atoms with Gasteiger partial charge in [0.1, 0.15) is 11.6 Å². The molecule has 3 aromatic carbocycles. The van der Waals surface area contributed by atoms with Gasteiger partial charge in [0, 0.05) is 5.69 Å². The van der Waals surface area contributed by atoms with Crippen LogP contribution in [0, 0.1) is 18.7 Å². The normalized spacial score (nSPS) is 18.7. The second-order valence-electron chi connectivity index (χ2n) is 7.78. The van der Waals surface area contributed by atoms with Crippen molar-refractivity contribution in [2.45, 2.75) is 25.8 Å². The van der Waals surface area contributed by atoms with Crippen LogP contribution in [0.3, 0.4) is 0 Å². The summed E-state index contributed by atoms with van der Waals surface area (Å²) in [5.74, 6) is -0.604. The number of anilines is 1. The highest BCUT2D eigenvalue weighted by molar-refractivity contribution is 6.04. The van der Waals surface area contributed by atoms with E-state index < -0.39 is 0 Å². The molecule has 1 amide bonds. The van der Waals surface area contributed by atoms with Crippen LogP contribution in [-0.2, 0) is 4.79 Å². The molecular weight excluding hydrogens is 395 g/mol. The zero-order valence-electron chi connectivity index (χ0n) is 17.1. The molecule has 1 saturated heterocycles. The number of β-lactam (4-membered cyclic amide) rings is 1. The minimum atomic E-state index is -0.364. The van der Waals surface area contributed by atoms with Gasteiger partial charge in [-0.15, -0.1) is 0 Å². The Hall–Kier alpha value is -3.67. The molecule has 5 nitrogen and oxygen atoms in total. The molecule has 1 aliphatic heterocycles. The number of phenolic OH excluding ortho intramolecular Hbond substituents is 1. The quantitative estimate of drug-likeness (QED) is 0.250. The van der Waals surface area contributed by atoms with E-state index in [9.17, 15) is 19.5 Å². The van der Waals surface area contributed by atoms with Gasteiger partial charge in [0.2, 0.25) is 5.91 Å². The minimum Gasteiger partial charge on any atom is -0.508 e. The van der Waals surface area contributed by atoms with Gasteiger partial charge in [0.15, 0.2) is 0 Å². The monoisotopic (exact) mass is 418 g/mol. The van der Waals surface area contributed by atoms with Crippen molar-refractivity contribution in [2.75, 3.05) is 4.90 Å². The van der Waals surface area contributed by atoms with Crippen LogP contribution in [0.4, 0.5) is 10.1 Å². The SMILES string of the molecule is Cc1ccc(/C(CC[C@H]2C(=O)N(c3ccc(F)cc3)C2c2ccc(O)cc2)=N\O)cc1. The summed E-state index contributed by atoms with van der Waals surface area (Å²) in [6, 6.07) is 20.0. The van der Waals surface area contributed by atoms with Crippen LogP contribution < -0.4 is 4.90 Å². The average molecular weight is 418 g/mol. The molecule has 0 radical (unpaired) electrons. The molecule has 2 atom stereocenters. The Balaban J connectivity index is 1.58. The van der Waals surface area contributed by atoms with Gasteiger partial charge in [-0.3, -0.25) is 4.79 Å². The highest BCUT2D eigenvalue weighted by atomic mass is 19.1. The Morgan fingerprint density at radius 2 is 1.65 bits per heavy atom. The van der Waals surface area contributed by atoms with Gasteiger partial charge in [0.25, 0.3) is 0 Å². The number of rotatable bonds is 6. The van der Waals surface area contributed by atoms with E-state index in [0.29, 0.717) is 24.2 Å². The fourth-order valence-electron chi connectivity index (χ4n) is 4.06. The highest BCUT2D eigenvalue weighted by Gasteiger charge is 2.48. The summed E-state index contributed by atoms with van der Waals surface area (Å²) in [4.78, 5) is 14.7. The molecule has 1 heterocycles. The van der Waals surface area contributed by atoms with Crippen LogP contribution in [0.25, 0.3) is 0 Å². The van der Waals surface area contributed by atoms with Crippen molar-refractivity contribution in [3.8, 4) is 5.75 Å². The van der Waals surface area contributed by atoms with E-state index in [1.54, 1.807) is 41.3 Å². The fraction of sp³-hybridized carbons (Fsp3) is 0.200. The number of oxime groups is 1. The van der Waals surface area contributed by atoms with Gasteiger partial charge < -0.3 is 15.2 Å². The zero-order valence-corrected chi connectivity index (χ0v) is 17.1. The van der Waals surface area contributed by atoms with Gasteiger partial charge >= 0.3 is 0 Å². The number of amides is 1. The Morgan fingerprint density at radius 1 is 1.00 bits per heavy atom. The number of hydrogen-bond donors (Lipinski definition) is 2. The Morgan fingerprint density at radius 3 is 2.26 bits per heavy atom. The number of carbonyl (C=O) groups is 1. The molecule has 3 aromatic rings. The average Bonchev–Trinajstić information content (AvgIpc) is 2.78. The number of benzene rings is 3. The van der Waals surface area contributed by atoms with Gasteiger partial charge in [-0.2, -0.15) is 0 Å². The first kappa shape index (κ1) is 20.6. The summed E-state index contributed by atoms with van der Waals surface area (Å²) in [7, 11) is 0. The van der Waals surface area contributed by atoms with Crippen molar-refractivity contribution >= 4 is 17.3 Å². The molecule has 0 saturated carbocycles. The molecule has 1 unspecified atom stereocenters. The lowest BCUT2D eigenvalue weighted by molar-refractivity contribution is -0.130. The van der Waals surface area contributed by atoms with Gasteiger partial charge in [-0.05, 0) is 67.3 Å². The van der Waals surface area contributed by atoms with Crippen molar-refractivity contribution < 1.29 is 19.5 Å². The van der Waals surface area contributed by atoms with E-state index in [1.807, 2.05) is 31.2 Å². The molecule has 4 rings (SSSR count). The first-order valence-corrected chi connectivity index (χ1v) is 10.1. The van der Waals surface area contributed by atoms with Crippen LogP contribution in [0.5, 0.6) is 5.75 Å². The van der Waals surface area contributed by atoms with Crippen molar-refractivity contribution in [2.24, 2.45) is 11.1 Å². The van der Waals surface area contributed by atoms with Crippen LogP contribution >= 0.6 is 0 Å². The second kappa shape index (κ2) is 8.60. The number of aryl methyl sites for hydroxylation is 1. The Kier molecular flexibility index (Phi) is 5.71. The third-order valence-corrected chi connectivity index (χ3v) is 5.75. The summed E-state index contributed by atoms with van der Waals surface area (Å²) < 4.78 is 13.4. The van der Waals surface area contributed by atoms with Gasteiger partial charge in [-0.25, -0.2) is 4.39 Å². The lowest BCUT2D eigenvalue weighted by atomic mass is 9.78. The first-order valence-electron chi connectivity index (χ1n) is 10.1. The number of nitrogens with zero attached hydrogens (tertiary/aromatic N) is 2. The summed E-state index contributed by atoms with van der Waals surface area (Å²) in [5.41, 5.74) is 3.95. The molecule has 6 heteroatoms.